The van der Waals surface area contributed by atoms with E-state index in [4.69, 9.17) is 0 Å². The van der Waals surface area contributed by atoms with Crippen molar-refractivity contribution in [2.45, 2.75) is 19.3 Å². The van der Waals surface area contributed by atoms with E-state index in [2.05, 4.69) is 15.9 Å². The van der Waals surface area contributed by atoms with E-state index in [1.807, 2.05) is 4.90 Å². The van der Waals surface area contributed by atoms with Crippen LogP contribution in [0.1, 0.15) is 18.4 Å². The van der Waals surface area contributed by atoms with Crippen LogP contribution in [0.2, 0.25) is 0 Å². The molecule has 0 aromatic heterocycles. The van der Waals surface area contributed by atoms with Crippen molar-refractivity contribution in [2.24, 2.45) is 0 Å². The minimum atomic E-state index is -0.299. The molecule has 0 aliphatic carbocycles. The SMILES string of the molecule is O=C(Cc1cc(F)ccc1Br)N1CCCC1. The summed E-state index contributed by atoms with van der Waals surface area (Å²) in [4.78, 5) is 13.7. The molecule has 0 bridgehead atoms. The second-order valence-corrected chi connectivity index (χ2v) is 4.85. The molecule has 1 aromatic carbocycles. The number of benzene rings is 1. The number of hydrogen-bond acceptors (Lipinski definition) is 1. The molecule has 2 rings (SSSR count). The Morgan fingerprint density at radius 2 is 2.06 bits per heavy atom. The molecule has 0 saturated carbocycles. The van der Waals surface area contributed by atoms with Gasteiger partial charge in [-0.05, 0) is 36.6 Å². The summed E-state index contributed by atoms with van der Waals surface area (Å²) in [6, 6.07) is 4.44. The van der Waals surface area contributed by atoms with Gasteiger partial charge in [-0.2, -0.15) is 0 Å². The zero-order valence-electron chi connectivity index (χ0n) is 8.88. The number of amides is 1. The van der Waals surface area contributed by atoms with Gasteiger partial charge in [-0.1, -0.05) is 15.9 Å². The van der Waals surface area contributed by atoms with Crippen LogP contribution in [0.5, 0.6) is 0 Å². The minimum absolute atomic E-state index is 0.0869. The molecule has 1 aliphatic rings. The van der Waals surface area contributed by atoms with E-state index in [-0.39, 0.29) is 18.1 Å². The van der Waals surface area contributed by atoms with Crippen LogP contribution in [-0.4, -0.2) is 23.9 Å². The fourth-order valence-corrected chi connectivity index (χ4v) is 2.31. The average Bonchev–Trinajstić information content (AvgIpc) is 2.76. The van der Waals surface area contributed by atoms with E-state index in [1.165, 1.54) is 12.1 Å². The molecule has 1 amide bonds. The summed E-state index contributed by atoms with van der Waals surface area (Å²) in [5.41, 5.74) is 0.719. The van der Waals surface area contributed by atoms with Crippen LogP contribution in [0.4, 0.5) is 4.39 Å². The molecule has 1 aliphatic heterocycles. The first kappa shape index (κ1) is 11.6. The summed E-state index contributed by atoms with van der Waals surface area (Å²) in [7, 11) is 0. The van der Waals surface area contributed by atoms with Crippen molar-refractivity contribution in [2.75, 3.05) is 13.1 Å². The van der Waals surface area contributed by atoms with Gasteiger partial charge < -0.3 is 4.90 Å². The van der Waals surface area contributed by atoms with Crippen LogP contribution in [0.25, 0.3) is 0 Å². The van der Waals surface area contributed by atoms with Crippen LogP contribution in [0.3, 0.4) is 0 Å². The number of nitrogens with zero attached hydrogens (tertiary/aromatic N) is 1. The van der Waals surface area contributed by atoms with Crippen LogP contribution in [0.15, 0.2) is 22.7 Å². The summed E-state index contributed by atoms with van der Waals surface area (Å²) < 4.78 is 13.8. The Hall–Kier alpha value is -0.900. The second kappa shape index (κ2) is 4.95. The molecule has 1 saturated heterocycles. The Labute approximate surface area is 103 Å². The first-order valence-electron chi connectivity index (χ1n) is 5.38. The van der Waals surface area contributed by atoms with Crippen molar-refractivity contribution in [3.63, 3.8) is 0 Å². The van der Waals surface area contributed by atoms with Crippen LogP contribution in [0, 0.1) is 5.82 Å². The van der Waals surface area contributed by atoms with Gasteiger partial charge >= 0.3 is 0 Å². The highest BCUT2D eigenvalue weighted by molar-refractivity contribution is 9.10. The number of carbonyl (C=O) groups is 1. The second-order valence-electron chi connectivity index (χ2n) is 4.00. The molecule has 86 valence electrons. The van der Waals surface area contributed by atoms with E-state index in [1.54, 1.807) is 6.07 Å². The normalized spacial score (nSPS) is 15.5. The van der Waals surface area contributed by atoms with Crippen molar-refractivity contribution in [1.29, 1.82) is 0 Å². The Morgan fingerprint density at radius 3 is 2.75 bits per heavy atom. The first-order valence-corrected chi connectivity index (χ1v) is 6.18. The predicted octanol–water partition coefficient (Wildman–Crippen LogP) is 2.75. The fraction of sp³-hybridized carbons (Fsp3) is 0.417. The largest absolute Gasteiger partial charge is 0.342 e. The molecular weight excluding hydrogens is 273 g/mol. The summed E-state index contributed by atoms with van der Waals surface area (Å²) in [5, 5.41) is 0. The molecule has 0 spiro atoms. The molecule has 1 fully saturated rings. The van der Waals surface area contributed by atoms with Crippen LogP contribution in [-0.2, 0) is 11.2 Å². The van der Waals surface area contributed by atoms with Gasteiger partial charge in [0.25, 0.3) is 0 Å². The van der Waals surface area contributed by atoms with E-state index < -0.39 is 0 Å². The standard InChI is InChI=1S/C12H13BrFNO/c13-11-4-3-10(14)7-9(11)8-12(16)15-5-1-2-6-15/h3-4,7H,1-2,5-6,8H2. The molecule has 2 nitrogen and oxygen atoms in total. The highest BCUT2D eigenvalue weighted by atomic mass is 79.9. The number of halogens is 2. The molecular formula is C12H13BrFNO. The molecule has 1 aromatic rings. The summed E-state index contributed by atoms with van der Waals surface area (Å²) in [6.07, 6.45) is 2.43. The summed E-state index contributed by atoms with van der Waals surface area (Å²) >= 11 is 3.33. The van der Waals surface area contributed by atoms with Crippen molar-refractivity contribution < 1.29 is 9.18 Å². The number of hydrogen-bond donors (Lipinski definition) is 0. The van der Waals surface area contributed by atoms with E-state index in [0.717, 1.165) is 36.0 Å². The van der Waals surface area contributed by atoms with E-state index in [9.17, 15) is 9.18 Å². The maximum Gasteiger partial charge on any atom is 0.227 e. The summed E-state index contributed by atoms with van der Waals surface area (Å²) in [5.74, 6) is -0.212. The zero-order valence-corrected chi connectivity index (χ0v) is 10.5. The predicted molar refractivity (Wildman–Crippen MR) is 63.6 cm³/mol. The van der Waals surface area contributed by atoms with Gasteiger partial charge in [-0.3, -0.25) is 4.79 Å². The molecule has 16 heavy (non-hydrogen) atoms. The number of likely N-dealkylation sites (tertiary alicyclic amines) is 1. The molecule has 0 atom stereocenters. The topological polar surface area (TPSA) is 20.3 Å². The minimum Gasteiger partial charge on any atom is -0.342 e. The highest BCUT2D eigenvalue weighted by Crippen LogP contribution is 2.20. The van der Waals surface area contributed by atoms with Crippen molar-refractivity contribution in [3.8, 4) is 0 Å². The lowest BCUT2D eigenvalue weighted by molar-refractivity contribution is -0.129. The zero-order chi connectivity index (χ0) is 11.5. The van der Waals surface area contributed by atoms with Gasteiger partial charge in [0.15, 0.2) is 0 Å². The third-order valence-electron chi connectivity index (χ3n) is 2.81. The lowest BCUT2D eigenvalue weighted by Gasteiger charge is -2.15. The van der Waals surface area contributed by atoms with Gasteiger partial charge in [0.1, 0.15) is 5.82 Å². The Kier molecular flexibility index (Phi) is 3.59. The van der Waals surface area contributed by atoms with Crippen molar-refractivity contribution >= 4 is 21.8 Å². The van der Waals surface area contributed by atoms with Gasteiger partial charge in [0.2, 0.25) is 5.91 Å². The third-order valence-corrected chi connectivity index (χ3v) is 3.58. The Balaban J connectivity index is 2.07. The lowest BCUT2D eigenvalue weighted by Crippen LogP contribution is -2.29. The summed E-state index contributed by atoms with van der Waals surface area (Å²) in [6.45, 7) is 1.68. The molecule has 0 radical (unpaired) electrons. The fourth-order valence-electron chi connectivity index (χ4n) is 1.92. The average molecular weight is 286 g/mol. The third kappa shape index (κ3) is 2.61. The van der Waals surface area contributed by atoms with Crippen molar-refractivity contribution in [3.05, 3.63) is 34.1 Å². The Bertz CT molecular complexity index is 402. The lowest BCUT2D eigenvalue weighted by atomic mass is 10.1. The monoisotopic (exact) mass is 285 g/mol. The molecule has 4 heteroatoms. The maximum atomic E-state index is 13.0. The first-order chi connectivity index (χ1) is 7.66. The van der Waals surface area contributed by atoms with Crippen LogP contribution < -0.4 is 0 Å². The maximum absolute atomic E-state index is 13.0. The van der Waals surface area contributed by atoms with Crippen LogP contribution >= 0.6 is 15.9 Å². The Morgan fingerprint density at radius 1 is 1.38 bits per heavy atom. The highest BCUT2D eigenvalue weighted by Gasteiger charge is 2.18. The van der Waals surface area contributed by atoms with Gasteiger partial charge in [0.05, 0.1) is 6.42 Å². The van der Waals surface area contributed by atoms with Gasteiger partial charge in [0, 0.05) is 17.6 Å². The quantitative estimate of drug-likeness (QED) is 0.818. The number of carbonyl (C=O) groups excluding carboxylic acids is 1. The van der Waals surface area contributed by atoms with Gasteiger partial charge in [-0.25, -0.2) is 4.39 Å². The van der Waals surface area contributed by atoms with Gasteiger partial charge in [-0.15, -0.1) is 0 Å². The molecule has 0 unspecified atom stereocenters. The smallest absolute Gasteiger partial charge is 0.227 e. The molecule has 0 N–H and O–H groups in total. The van der Waals surface area contributed by atoms with E-state index >= 15 is 0 Å². The van der Waals surface area contributed by atoms with E-state index in [0.29, 0.717) is 0 Å². The number of rotatable bonds is 2. The molecule has 1 heterocycles. The van der Waals surface area contributed by atoms with Crippen molar-refractivity contribution in [1.82, 2.24) is 4.90 Å².